The Morgan fingerprint density at radius 1 is 1.33 bits per heavy atom. The van der Waals surface area contributed by atoms with Crippen LogP contribution in [0.2, 0.25) is 0 Å². The number of aryl methyl sites for hydroxylation is 2. The maximum atomic E-state index is 8.79. The van der Waals surface area contributed by atoms with Crippen LogP contribution in [-0.4, -0.2) is 10.1 Å². The van der Waals surface area contributed by atoms with E-state index < -0.39 is 0 Å². The number of aromatic nitrogens is 2. The molecule has 1 N–H and O–H groups in total. The van der Waals surface area contributed by atoms with Gasteiger partial charge in [-0.25, -0.2) is 0 Å². The lowest BCUT2D eigenvalue weighted by Gasteiger charge is -2.06. The van der Waals surface area contributed by atoms with E-state index in [-0.39, 0.29) is 0 Å². The molecule has 5 heteroatoms. The molecule has 18 heavy (non-hydrogen) atoms. The Bertz CT molecular complexity index is 583. The highest BCUT2D eigenvalue weighted by molar-refractivity contribution is 5.37. The Morgan fingerprint density at radius 2 is 2.17 bits per heavy atom. The molecular formula is C13H14N4O. The summed E-state index contributed by atoms with van der Waals surface area (Å²) < 4.78 is 5.00. The van der Waals surface area contributed by atoms with Gasteiger partial charge in [0.1, 0.15) is 0 Å². The average Bonchev–Trinajstić information content (AvgIpc) is 2.77. The Morgan fingerprint density at radius 3 is 2.78 bits per heavy atom. The Balaban J connectivity index is 1.92. The van der Waals surface area contributed by atoms with Crippen LogP contribution in [0.3, 0.4) is 0 Å². The minimum Gasteiger partial charge on any atom is -0.338 e. The second-order valence-electron chi connectivity index (χ2n) is 4.09. The normalized spacial score (nSPS) is 10.3. The van der Waals surface area contributed by atoms with E-state index in [1.54, 1.807) is 6.92 Å². The molecule has 92 valence electrons. The highest BCUT2D eigenvalue weighted by atomic mass is 16.5. The van der Waals surface area contributed by atoms with Gasteiger partial charge in [0.25, 0.3) is 0 Å². The van der Waals surface area contributed by atoms with E-state index >= 15 is 0 Å². The summed E-state index contributed by atoms with van der Waals surface area (Å²) in [5.41, 5.74) is 2.94. The van der Waals surface area contributed by atoms with Crippen molar-refractivity contribution in [3.8, 4) is 6.07 Å². The predicted octanol–water partition coefficient (Wildman–Crippen LogP) is 1.85. The van der Waals surface area contributed by atoms with E-state index in [0.29, 0.717) is 30.4 Å². The van der Waals surface area contributed by atoms with Crippen molar-refractivity contribution < 1.29 is 4.52 Å². The zero-order valence-electron chi connectivity index (χ0n) is 10.4. The van der Waals surface area contributed by atoms with Gasteiger partial charge in [0.15, 0.2) is 5.82 Å². The van der Waals surface area contributed by atoms with Crippen molar-refractivity contribution in [2.24, 2.45) is 0 Å². The summed E-state index contributed by atoms with van der Waals surface area (Å²) in [7, 11) is 0. The van der Waals surface area contributed by atoms with Gasteiger partial charge in [-0.3, -0.25) is 0 Å². The van der Waals surface area contributed by atoms with Gasteiger partial charge in [0, 0.05) is 6.54 Å². The van der Waals surface area contributed by atoms with Gasteiger partial charge in [-0.05, 0) is 37.1 Å². The Kier molecular flexibility index (Phi) is 3.70. The Hall–Kier alpha value is -2.19. The minimum atomic E-state index is 0.542. The van der Waals surface area contributed by atoms with Crippen LogP contribution in [-0.2, 0) is 13.1 Å². The number of benzene rings is 1. The van der Waals surface area contributed by atoms with E-state index in [4.69, 9.17) is 9.78 Å². The summed E-state index contributed by atoms with van der Waals surface area (Å²) in [6.45, 7) is 5.03. The van der Waals surface area contributed by atoms with Gasteiger partial charge in [-0.2, -0.15) is 10.2 Å². The third kappa shape index (κ3) is 2.93. The SMILES string of the molecule is Cc1noc(CNCc2ccc(C#N)cc2C)n1. The summed E-state index contributed by atoms with van der Waals surface area (Å²) in [6, 6.07) is 7.79. The molecule has 1 heterocycles. The topological polar surface area (TPSA) is 74.7 Å². The standard InChI is InChI=1S/C13H14N4O/c1-9-5-11(6-14)3-4-12(9)7-15-8-13-16-10(2)17-18-13/h3-5,15H,7-8H2,1-2H3. The quantitative estimate of drug-likeness (QED) is 0.885. The molecule has 0 atom stereocenters. The van der Waals surface area contributed by atoms with Gasteiger partial charge in [0.05, 0.1) is 18.2 Å². The zero-order valence-corrected chi connectivity index (χ0v) is 10.4. The smallest absolute Gasteiger partial charge is 0.240 e. The largest absolute Gasteiger partial charge is 0.338 e. The van der Waals surface area contributed by atoms with Crippen LogP contribution < -0.4 is 5.32 Å². The number of hydrogen-bond acceptors (Lipinski definition) is 5. The molecule has 0 bridgehead atoms. The first-order chi connectivity index (χ1) is 8.69. The van der Waals surface area contributed by atoms with E-state index in [9.17, 15) is 0 Å². The van der Waals surface area contributed by atoms with Crippen LogP contribution in [0.5, 0.6) is 0 Å². The fourth-order valence-electron chi connectivity index (χ4n) is 1.68. The summed E-state index contributed by atoms with van der Waals surface area (Å²) in [4.78, 5) is 4.11. The summed E-state index contributed by atoms with van der Waals surface area (Å²) in [5.74, 6) is 1.22. The molecular weight excluding hydrogens is 228 g/mol. The molecule has 0 radical (unpaired) electrons. The molecule has 1 aromatic carbocycles. The third-order valence-electron chi connectivity index (χ3n) is 2.63. The fraction of sp³-hybridized carbons (Fsp3) is 0.308. The van der Waals surface area contributed by atoms with Crippen molar-refractivity contribution in [2.75, 3.05) is 0 Å². The third-order valence-corrected chi connectivity index (χ3v) is 2.63. The van der Waals surface area contributed by atoms with Crippen LogP contribution in [0.25, 0.3) is 0 Å². The first kappa shape index (κ1) is 12.3. The Labute approximate surface area is 105 Å². The lowest BCUT2D eigenvalue weighted by Crippen LogP contribution is -2.13. The molecule has 2 rings (SSSR count). The molecule has 0 saturated carbocycles. The molecule has 0 aliphatic heterocycles. The van der Waals surface area contributed by atoms with E-state index in [2.05, 4.69) is 21.5 Å². The maximum absolute atomic E-state index is 8.79. The lowest BCUT2D eigenvalue weighted by atomic mass is 10.1. The second kappa shape index (κ2) is 5.43. The highest BCUT2D eigenvalue weighted by Crippen LogP contribution is 2.10. The van der Waals surface area contributed by atoms with Gasteiger partial charge in [0.2, 0.25) is 5.89 Å². The van der Waals surface area contributed by atoms with Gasteiger partial charge in [-0.15, -0.1) is 0 Å². The number of hydrogen-bond donors (Lipinski definition) is 1. The van der Waals surface area contributed by atoms with Gasteiger partial charge in [-0.1, -0.05) is 11.2 Å². The van der Waals surface area contributed by atoms with Crippen molar-refractivity contribution in [1.82, 2.24) is 15.5 Å². The van der Waals surface area contributed by atoms with Crippen molar-refractivity contribution in [3.05, 3.63) is 46.6 Å². The second-order valence-corrected chi connectivity index (χ2v) is 4.09. The number of nitrogens with zero attached hydrogens (tertiary/aromatic N) is 3. The monoisotopic (exact) mass is 242 g/mol. The molecule has 0 fully saturated rings. The average molecular weight is 242 g/mol. The van der Waals surface area contributed by atoms with Crippen LogP contribution in [0, 0.1) is 25.2 Å². The molecule has 1 aromatic heterocycles. The number of nitriles is 1. The van der Waals surface area contributed by atoms with Crippen molar-refractivity contribution in [2.45, 2.75) is 26.9 Å². The summed E-state index contributed by atoms with van der Waals surface area (Å²) in [5, 5.41) is 15.7. The molecule has 0 saturated heterocycles. The predicted molar refractivity (Wildman–Crippen MR) is 65.5 cm³/mol. The summed E-state index contributed by atoms with van der Waals surface area (Å²) >= 11 is 0. The first-order valence-electron chi connectivity index (χ1n) is 5.68. The minimum absolute atomic E-state index is 0.542. The number of nitrogens with one attached hydrogen (secondary N) is 1. The maximum Gasteiger partial charge on any atom is 0.240 e. The lowest BCUT2D eigenvalue weighted by molar-refractivity contribution is 0.364. The van der Waals surface area contributed by atoms with Crippen molar-refractivity contribution in [3.63, 3.8) is 0 Å². The molecule has 5 nitrogen and oxygen atoms in total. The van der Waals surface area contributed by atoms with E-state index in [0.717, 1.165) is 11.1 Å². The highest BCUT2D eigenvalue weighted by Gasteiger charge is 2.03. The first-order valence-corrected chi connectivity index (χ1v) is 5.68. The van der Waals surface area contributed by atoms with Crippen molar-refractivity contribution >= 4 is 0 Å². The number of rotatable bonds is 4. The van der Waals surface area contributed by atoms with E-state index in [1.165, 1.54) is 0 Å². The van der Waals surface area contributed by atoms with Crippen LogP contribution >= 0.6 is 0 Å². The van der Waals surface area contributed by atoms with E-state index in [1.807, 2.05) is 25.1 Å². The van der Waals surface area contributed by atoms with Crippen LogP contribution in [0.15, 0.2) is 22.7 Å². The summed E-state index contributed by atoms with van der Waals surface area (Å²) in [6.07, 6.45) is 0. The van der Waals surface area contributed by atoms with Crippen molar-refractivity contribution in [1.29, 1.82) is 5.26 Å². The zero-order chi connectivity index (χ0) is 13.0. The molecule has 0 aliphatic carbocycles. The van der Waals surface area contributed by atoms with Gasteiger partial charge < -0.3 is 9.84 Å². The molecule has 0 amide bonds. The van der Waals surface area contributed by atoms with Crippen LogP contribution in [0.1, 0.15) is 28.4 Å². The molecule has 0 aliphatic rings. The fourth-order valence-corrected chi connectivity index (χ4v) is 1.68. The van der Waals surface area contributed by atoms with Gasteiger partial charge >= 0.3 is 0 Å². The molecule has 2 aromatic rings. The van der Waals surface area contributed by atoms with Crippen LogP contribution in [0.4, 0.5) is 0 Å². The molecule has 0 spiro atoms. The molecule has 0 unspecified atom stereocenters.